The maximum absolute atomic E-state index is 8.65. The molecule has 13 heteroatoms. The minimum atomic E-state index is -5.17. The Balaban J connectivity index is 0.000000368. The standard InChI is InChI=1S/2C6H8BNO2.H2O4S/c2*8-6-3-1-2-5(4-6)7(9)10;1-5(2,3)4/h2*1-4,9-10H,8H2;(H2,1,2,3,4)/p-2. The summed E-state index contributed by atoms with van der Waals surface area (Å²) in [4.78, 5) is 0. The number of rotatable bonds is 2. The van der Waals surface area contributed by atoms with Crippen molar-refractivity contribution in [1.82, 2.24) is 0 Å². The van der Waals surface area contributed by atoms with Gasteiger partial charge in [0.05, 0.1) is 0 Å². The summed E-state index contributed by atoms with van der Waals surface area (Å²) >= 11 is 0. The van der Waals surface area contributed by atoms with Gasteiger partial charge in [0.2, 0.25) is 0 Å². The molecule has 0 aliphatic carbocycles. The first-order valence-electron chi connectivity index (χ1n) is 6.50. The third-order valence-electron chi connectivity index (χ3n) is 2.42. The Morgan fingerprint density at radius 3 is 1.20 bits per heavy atom. The molecule has 0 spiro atoms. The van der Waals surface area contributed by atoms with Crippen LogP contribution in [0.3, 0.4) is 0 Å². The Morgan fingerprint density at radius 2 is 1.04 bits per heavy atom. The van der Waals surface area contributed by atoms with Gasteiger partial charge in [-0.2, -0.15) is 0 Å². The molecule has 0 amide bonds. The molecule has 25 heavy (non-hydrogen) atoms. The Bertz CT molecular complexity index is 701. The van der Waals surface area contributed by atoms with Crippen molar-refractivity contribution in [3.8, 4) is 0 Å². The van der Waals surface area contributed by atoms with Crippen LogP contribution in [0.4, 0.5) is 11.4 Å². The Kier molecular flexibility index (Phi) is 9.78. The number of benzene rings is 2. The van der Waals surface area contributed by atoms with Gasteiger partial charge in [-0.3, -0.25) is 8.42 Å². The summed E-state index contributed by atoms with van der Waals surface area (Å²) in [5.41, 5.74) is 12.6. The van der Waals surface area contributed by atoms with E-state index in [-0.39, 0.29) is 0 Å². The van der Waals surface area contributed by atoms with Gasteiger partial charge in [0.1, 0.15) is 0 Å². The Hall–Kier alpha value is -2.12. The lowest BCUT2D eigenvalue weighted by Crippen LogP contribution is -2.29. The summed E-state index contributed by atoms with van der Waals surface area (Å²) in [6.45, 7) is 0. The fraction of sp³-hybridized carbons (Fsp3) is 0. The first-order valence-corrected chi connectivity index (χ1v) is 7.83. The van der Waals surface area contributed by atoms with Crippen molar-refractivity contribution in [3.05, 3.63) is 48.5 Å². The number of nitrogen functional groups attached to an aromatic ring is 2. The minimum absolute atomic E-state index is 0.417. The van der Waals surface area contributed by atoms with Gasteiger partial charge in [-0.1, -0.05) is 24.3 Å². The van der Waals surface area contributed by atoms with E-state index < -0.39 is 24.6 Å². The molecule has 0 fully saturated rings. The van der Waals surface area contributed by atoms with Gasteiger partial charge < -0.3 is 40.7 Å². The lowest BCUT2D eigenvalue weighted by Gasteiger charge is -2.06. The highest BCUT2D eigenvalue weighted by atomic mass is 32.3. The van der Waals surface area contributed by atoms with Gasteiger partial charge in [0, 0.05) is 21.8 Å². The quantitative estimate of drug-likeness (QED) is 0.133. The maximum Gasteiger partial charge on any atom is 0.488 e. The molecular weight excluding hydrogens is 354 g/mol. The summed E-state index contributed by atoms with van der Waals surface area (Å²) in [7, 11) is -8.02. The van der Waals surface area contributed by atoms with E-state index in [9.17, 15) is 0 Å². The van der Waals surface area contributed by atoms with E-state index in [1.165, 1.54) is 12.1 Å². The molecule has 0 aromatic heterocycles. The third kappa shape index (κ3) is 12.9. The zero-order valence-electron chi connectivity index (χ0n) is 12.8. The molecule has 2 aromatic rings. The van der Waals surface area contributed by atoms with Crippen molar-refractivity contribution in [2.45, 2.75) is 0 Å². The van der Waals surface area contributed by atoms with Crippen LogP contribution in [0.5, 0.6) is 0 Å². The van der Waals surface area contributed by atoms with Gasteiger partial charge in [-0.05, 0) is 35.2 Å². The fourth-order valence-electron chi connectivity index (χ4n) is 1.44. The average Bonchev–Trinajstić information content (AvgIpc) is 2.46. The van der Waals surface area contributed by atoms with Gasteiger partial charge in [-0.15, -0.1) is 0 Å². The molecule has 2 aromatic carbocycles. The van der Waals surface area contributed by atoms with E-state index >= 15 is 0 Å². The molecule has 0 aliphatic rings. The summed E-state index contributed by atoms with van der Waals surface area (Å²) < 4.78 is 34.1. The number of anilines is 2. The van der Waals surface area contributed by atoms with Crippen molar-refractivity contribution >= 4 is 46.9 Å². The van der Waals surface area contributed by atoms with E-state index in [1.807, 2.05) is 0 Å². The highest BCUT2D eigenvalue weighted by molar-refractivity contribution is 7.79. The van der Waals surface area contributed by atoms with E-state index in [0.29, 0.717) is 22.3 Å². The molecule has 10 nitrogen and oxygen atoms in total. The van der Waals surface area contributed by atoms with Gasteiger partial charge >= 0.3 is 14.2 Å². The second-order valence-corrected chi connectivity index (χ2v) is 5.31. The van der Waals surface area contributed by atoms with Gasteiger partial charge in [0.15, 0.2) is 0 Å². The van der Waals surface area contributed by atoms with E-state index in [1.54, 1.807) is 36.4 Å². The maximum atomic E-state index is 8.65. The predicted molar refractivity (Wildman–Crippen MR) is 91.8 cm³/mol. The molecule has 0 unspecified atom stereocenters. The molecule has 136 valence electrons. The molecule has 8 N–H and O–H groups in total. The van der Waals surface area contributed by atoms with Crippen LogP contribution in [0, 0.1) is 0 Å². The molecule has 0 bridgehead atoms. The van der Waals surface area contributed by atoms with Gasteiger partial charge in [-0.25, -0.2) is 0 Å². The summed E-state index contributed by atoms with van der Waals surface area (Å²) in [5, 5.41) is 34.6. The lowest BCUT2D eigenvalue weighted by molar-refractivity contribution is 0.352. The van der Waals surface area contributed by atoms with Crippen molar-refractivity contribution in [2.75, 3.05) is 11.5 Å². The highest BCUT2D eigenvalue weighted by Gasteiger charge is 2.09. The first-order chi connectivity index (χ1) is 11.4. The molecule has 0 saturated carbocycles. The monoisotopic (exact) mass is 370 g/mol. The van der Waals surface area contributed by atoms with Crippen LogP contribution in [0.25, 0.3) is 0 Å². The third-order valence-corrected chi connectivity index (χ3v) is 2.42. The van der Waals surface area contributed by atoms with Crippen LogP contribution in [0.15, 0.2) is 48.5 Å². The van der Waals surface area contributed by atoms with Crippen molar-refractivity contribution in [1.29, 1.82) is 0 Å². The van der Waals surface area contributed by atoms with Crippen molar-refractivity contribution < 1.29 is 37.6 Å². The second-order valence-electron chi connectivity index (χ2n) is 4.50. The molecule has 0 saturated heterocycles. The Morgan fingerprint density at radius 1 is 0.760 bits per heavy atom. The van der Waals surface area contributed by atoms with Crippen LogP contribution in [0.1, 0.15) is 0 Å². The van der Waals surface area contributed by atoms with Gasteiger partial charge in [0.25, 0.3) is 0 Å². The minimum Gasteiger partial charge on any atom is -0.759 e. The zero-order chi connectivity index (χ0) is 19.6. The molecule has 0 aliphatic heterocycles. The van der Waals surface area contributed by atoms with Crippen LogP contribution >= 0.6 is 0 Å². The molecular formula is C12H16B2N2O8S-2. The summed E-state index contributed by atoms with van der Waals surface area (Å²) in [6.07, 6.45) is 0. The van der Waals surface area contributed by atoms with Crippen LogP contribution in [-0.4, -0.2) is 51.9 Å². The smallest absolute Gasteiger partial charge is 0.488 e. The van der Waals surface area contributed by atoms with E-state index in [2.05, 4.69) is 0 Å². The molecule has 0 atom stereocenters. The SMILES string of the molecule is Nc1cccc(B(O)O)c1.Nc1cccc(B(O)O)c1.O=S(=O)([O-])[O-]. The predicted octanol–water partition coefficient (Wildman–Crippen LogP) is -3.44. The molecule has 0 heterocycles. The second kappa shape index (κ2) is 10.7. The summed E-state index contributed by atoms with van der Waals surface area (Å²) in [5.74, 6) is 0. The number of hydrogen-bond donors (Lipinski definition) is 6. The number of hydrogen-bond acceptors (Lipinski definition) is 10. The van der Waals surface area contributed by atoms with Crippen LogP contribution < -0.4 is 22.4 Å². The normalized spacial score (nSPS) is 9.84. The topological polar surface area (TPSA) is 213 Å². The van der Waals surface area contributed by atoms with E-state index in [0.717, 1.165) is 0 Å². The lowest BCUT2D eigenvalue weighted by atomic mass is 9.80. The Labute approximate surface area is 145 Å². The fourth-order valence-corrected chi connectivity index (χ4v) is 1.44. The highest BCUT2D eigenvalue weighted by Crippen LogP contribution is 1.96. The van der Waals surface area contributed by atoms with E-state index in [4.69, 9.17) is 49.1 Å². The average molecular weight is 370 g/mol. The largest absolute Gasteiger partial charge is 0.759 e. The number of nitrogens with two attached hydrogens (primary N) is 2. The molecule has 0 radical (unpaired) electrons. The van der Waals surface area contributed by atoms with Crippen LogP contribution in [0.2, 0.25) is 0 Å². The summed E-state index contributed by atoms with van der Waals surface area (Å²) in [6, 6.07) is 12.9. The zero-order valence-corrected chi connectivity index (χ0v) is 13.6. The molecule has 2 rings (SSSR count). The van der Waals surface area contributed by atoms with Crippen LogP contribution in [-0.2, 0) is 10.4 Å². The first kappa shape index (κ1) is 22.9. The van der Waals surface area contributed by atoms with Crippen molar-refractivity contribution in [3.63, 3.8) is 0 Å². The van der Waals surface area contributed by atoms with Crippen molar-refractivity contribution in [2.24, 2.45) is 0 Å².